The molecule has 4 nitrogen and oxygen atoms in total. The SMILES string of the molecule is Nc1ccccc1CCOCc1ccn(C2CCCC2)n1. The van der Waals surface area contributed by atoms with Gasteiger partial charge in [0.25, 0.3) is 0 Å². The van der Waals surface area contributed by atoms with Crippen LogP contribution in [0.5, 0.6) is 0 Å². The van der Waals surface area contributed by atoms with E-state index in [1.165, 1.54) is 25.7 Å². The first kappa shape index (κ1) is 14.1. The van der Waals surface area contributed by atoms with Crippen LogP contribution in [-0.2, 0) is 17.8 Å². The normalized spacial score (nSPS) is 15.6. The Morgan fingerprint density at radius 3 is 2.81 bits per heavy atom. The van der Waals surface area contributed by atoms with Gasteiger partial charge >= 0.3 is 0 Å². The van der Waals surface area contributed by atoms with Crippen LogP contribution < -0.4 is 5.73 Å². The predicted molar refractivity (Wildman–Crippen MR) is 83.9 cm³/mol. The molecule has 21 heavy (non-hydrogen) atoms. The fraction of sp³-hybridized carbons (Fsp3) is 0.471. The Kier molecular flexibility index (Phi) is 4.55. The van der Waals surface area contributed by atoms with Crippen LogP contribution in [0.3, 0.4) is 0 Å². The number of benzene rings is 1. The molecule has 112 valence electrons. The zero-order valence-corrected chi connectivity index (χ0v) is 12.4. The summed E-state index contributed by atoms with van der Waals surface area (Å²) >= 11 is 0. The second-order valence-corrected chi connectivity index (χ2v) is 5.73. The zero-order valence-electron chi connectivity index (χ0n) is 12.4. The highest BCUT2D eigenvalue weighted by Crippen LogP contribution is 2.28. The maximum atomic E-state index is 5.92. The molecule has 2 N–H and O–H groups in total. The van der Waals surface area contributed by atoms with E-state index in [-0.39, 0.29) is 0 Å². The molecule has 1 aliphatic rings. The van der Waals surface area contributed by atoms with E-state index in [0.29, 0.717) is 19.3 Å². The minimum absolute atomic E-state index is 0.576. The summed E-state index contributed by atoms with van der Waals surface area (Å²) in [6, 6.07) is 10.6. The Morgan fingerprint density at radius 2 is 2.00 bits per heavy atom. The van der Waals surface area contributed by atoms with Crippen molar-refractivity contribution in [3.05, 3.63) is 47.8 Å². The number of hydrogen-bond acceptors (Lipinski definition) is 3. The van der Waals surface area contributed by atoms with Crippen LogP contribution in [-0.4, -0.2) is 16.4 Å². The Labute approximate surface area is 125 Å². The van der Waals surface area contributed by atoms with Crippen molar-refractivity contribution in [1.82, 2.24) is 9.78 Å². The number of rotatable bonds is 6. The molecule has 0 spiro atoms. The second kappa shape index (κ2) is 6.76. The number of nitrogens with zero attached hydrogens (tertiary/aromatic N) is 2. The lowest BCUT2D eigenvalue weighted by atomic mass is 10.1. The molecule has 1 fully saturated rings. The van der Waals surface area contributed by atoms with Gasteiger partial charge in [0.05, 0.1) is 24.9 Å². The lowest BCUT2D eigenvalue weighted by molar-refractivity contribution is 0.120. The van der Waals surface area contributed by atoms with Crippen LogP contribution in [0.4, 0.5) is 5.69 Å². The summed E-state index contributed by atoms with van der Waals surface area (Å²) in [4.78, 5) is 0. The molecule has 0 atom stereocenters. The van der Waals surface area contributed by atoms with E-state index in [1.807, 2.05) is 24.3 Å². The van der Waals surface area contributed by atoms with Crippen molar-refractivity contribution in [3.8, 4) is 0 Å². The molecule has 3 rings (SSSR count). The Morgan fingerprint density at radius 1 is 1.19 bits per heavy atom. The van der Waals surface area contributed by atoms with E-state index in [4.69, 9.17) is 10.5 Å². The van der Waals surface area contributed by atoms with E-state index in [9.17, 15) is 0 Å². The molecule has 0 saturated heterocycles. The quantitative estimate of drug-likeness (QED) is 0.654. The van der Waals surface area contributed by atoms with Crippen molar-refractivity contribution >= 4 is 5.69 Å². The highest BCUT2D eigenvalue weighted by molar-refractivity contribution is 5.46. The lowest BCUT2D eigenvalue weighted by Gasteiger charge is -2.09. The maximum absolute atomic E-state index is 5.92. The summed E-state index contributed by atoms with van der Waals surface area (Å²) in [5.41, 5.74) is 8.92. The number of hydrogen-bond donors (Lipinski definition) is 1. The van der Waals surface area contributed by atoms with Gasteiger partial charge < -0.3 is 10.5 Å². The molecule has 1 aliphatic carbocycles. The third kappa shape index (κ3) is 3.64. The van der Waals surface area contributed by atoms with Crippen molar-refractivity contribution in [2.24, 2.45) is 0 Å². The summed E-state index contributed by atoms with van der Waals surface area (Å²) in [6.07, 6.45) is 8.11. The van der Waals surface area contributed by atoms with Crippen molar-refractivity contribution in [3.63, 3.8) is 0 Å². The van der Waals surface area contributed by atoms with Crippen molar-refractivity contribution in [1.29, 1.82) is 0 Å². The van der Waals surface area contributed by atoms with Gasteiger partial charge in [0, 0.05) is 11.9 Å². The molecule has 2 aromatic rings. The molecule has 0 unspecified atom stereocenters. The van der Waals surface area contributed by atoms with Gasteiger partial charge in [-0.15, -0.1) is 0 Å². The predicted octanol–water partition coefficient (Wildman–Crippen LogP) is 3.34. The molecule has 1 heterocycles. The summed E-state index contributed by atoms with van der Waals surface area (Å²) in [5, 5.41) is 4.62. The van der Waals surface area contributed by atoms with Gasteiger partial charge in [0.15, 0.2) is 0 Å². The van der Waals surface area contributed by atoms with Crippen molar-refractivity contribution < 1.29 is 4.74 Å². The molecule has 0 amide bonds. The van der Waals surface area contributed by atoms with E-state index in [0.717, 1.165) is 23.4 Å². The Balaban J connectivity index is 1.44. The summed E-state index contributed by atoms with van der Waals surface area (Å²) in [6.45, 7) is 1.25. The summed E-state index contributed by atoms with van der Waals surface area (Å²) in [5.74, 6) is 0. The molecular weight excluding hydrogens is 262 g/mol. The number of para-hydroxylation sites is 1. The van der Waals surface area contributed by atoms with Crippen LogP contribution in [0.2, 0.25) is 0 Å². The number of nitrogen functional groups attached to an aromatic ring is 1. The van der Waals surface area contributed by atoms with Crippen molar-refractivity contribution in [2.75, 3.05) is 12.3 Å². The van der Waals surface area contributed by atoms with Crippen LogP contribution in [0.15, 0.2) is 36.5 Å². The minimum atomic E-state index is 0.576. The molecule has 1 aromatic carbocycles. The average Bonchev–Trinajstić information content (AvgIpc) is 3.16. The molecule has 0 bridgehead atoms. The Bertz CT molecular complexity index is 573. The van der Waals surface area contributed by atoms with Gasteiger partial charge in [-0.25, -0.2) is 0 Å². The van der Waals surface area contributed by atoms with E-state index < -0.39 is 0 Å². The minimum Gasteiger partial charge on any atom is -0.399 e. The molecule has 0 radical (unpaired) electrons. The number of nitrogens with two attached hydrogens (primary N) is 1. The average molecular weight is 285 g/mol. The Hall–Kier alpha value is -1.81. The first-order valence-corrected chi connectivity index (χ1v) is 7.78. The maximum Gasteiger partial charge on any atom is 0.0906 e. The highest BCUT2D eigenvalue weighted by Gasteiger charge is 2.17. The molecular formula is C17H23N3O. The number of aromatic nitrogens is 2. The van der Waals surface area contributed by atoms with E-state index in [1.54, 1.807) is 0 Å². The van der Waals surface area contributed by atoms with Gasteiger partial charge in [0.2, 0.25) is 0 Å². The smallest absolute Gasteiger partial charge is 0.0906 e. The first-order valence-electron chi connectivity index (χ1n) is 7.78. The summed E-state index contributed by atoms with van der Waals surface area (Å²) < 4.78 is 7.84. The topological polar surface area (TPSA) is 53.1 Å². The van der Waals surface area contributed by atoms with Crippen LogP contribution in [0.25, 0.3) is 0 Å². The second-order valence-electron chi connectivity index (χ2n) is 5.73. The van der Waals surface area contributed by atoms with E-state index >= 15 is 0 Å². The van der Waals surface area contributed by atoms with Crippen LogP contribution >= 0.6 is 0 Å². The largest absolute Gasteiger partial charge is 0.399 e. The summed E-state index contributed by atoms with van der Waals surface area (Å²) in [7, 11) is 0. The van der Waals surface area contributed by atoms with Gasteiger partial charge in [0.1, 0.15) is 0 Å². The number of ether oxygens (including phenoxy) is 1. The van der Waals surface area contributed by atoms with Gasteiger partial charge in [-0.05, 0) is 37.0 Å². The lowest BCUT2D eigenvalue weighted by Crippen LogP contribution is -2.06. The third-order valence-corrected chi connectivity index (χ3v) is 4.18. The fourth-order valence-electron chi connectivity index (χ4n) is 2.95. The van der Waals surface area contributed by atoms with Gasteiger partial charge in [-0.1, -0.05) is 31.0 Å². The molecule has 1 aromatic heterocycles. The monoisotopic (exact) mass is 285 g/mol. The third-order valence-electron chi connectivity index (χ3n) is 4.18. The zero-order chi connectivity index (χ0) is 14.5. The van der Waals surface area contributed by atoms with Crippen molar-refractivity contribution in [2.45, 2.75) is 44.8 Å². The molecule has 0 aliphatic heterocycles. The fourth-order valence-corrected chi connectivity index (χ4v) is 2.95. The van der Waals surface area contributed by atoms with Crippen LogP contribution in [0.1, 0.15) is 43.0 Å². The molecule has 1 saturated carbocycles. The van der Waals surface area contributed by atoms with Gasteiger partial charge in [-0.3, -0.25) is 4.68 Å². The van der Waals surface area contributed by atoms with Gasteiger partial charge in [-0.2, -0.15) is 5.10 Å². The van der Waals surface area contributed by atoms with Crippen LogP contribution in [0, 0.1) is 0 Å². The standard InChI is InChI=1S/C17H23N3O/c18-17-8-4-1-5-14(17)10-12-21-13-15-9-11-20(19-15)16-6-2-3-7-16/h1,4-5,8-9,11,16H,2-3,6-7,10,12-13,18H2. The first-order chi connectivity index (χ1) is 10.3. The highest BCUT2D eigenvalue weighted by atomic mass is 16.5. The van der Waals surface area contributed by atoms with E-state index in [2.05, 4.69) is 22.0 Å². The number of anilines is 1. The molecule has 4 heteroatoms.